The molecule has 1 aromatic heterocycles. The van der Waals surface area contributed by atoms with Crippen LogP contribution in [0, 0.1) is 0 Å². The molecular weight excluding hydrogens is 260 g/mol. The normalized spacial score (nSPS) is 10.8. The summed E-state index contributed by atoms with van der Waals surface area (Å²) in [5.41, 5.74) is 4.80. The largest absolute Gasteiger partial charge is 0.478 e. The molecule has 2 rings (SSSR count). The molecule has 0 radical (unpaired) electrons. The predicted molar refractivity (Wildman–Crippen MR) is 77.3 cm³/mol. The lowest BCUT2D eigenvalue weighted by Gasteiger charge is -2.18. The highest BCUT2D eigenvalue weighted by Crippen LogP contribution is 2.17. The minimum Gasteiger partial charge on any atom is -0.478 e. The number of nitrogens with zero attached hydrogens (tertiary/aromatic N) is 2. The van der Waals surface area contributed by atoms with Gasteiger partial charge in [0.15, 0.2) is 0 Å². The molecule has 0 aliphatic heterocycles. The number of carbonyl (C=O) groups is 1. The summed E-state index contributed by atoms with van der Waals surface area (Å²) in [6, 6.07) is 7.72. The highest BCUT2D eigenvalue weighted by molar-refractivity contribution is 7.07. The van der Waals surface area contributed by atoms with Crippen LogP contribution < -0.4 is 4.90 Å². The Labute approximate surface area is 115 Å². The van der Waals surface area contributed by atoms with E-state index in [4.69, 9.17) is 5.11 Å². The quantitative estimate of drug-likeness (QED) is 0.852. The molecule has 1 heterocycles. The molecule has 0 fully saturated rings. The molecular formula is C14H14N2O2S. The Morgan fingerprint density at radius 2 is 2.16 bits per heavy atom. The molecule has 98 valence electrons. The molecule has 4 nitrogen and oxygen atoms in total. The van der Waals surface area contributed by atoms with E-state index < -0.39 is 5.97 Å². The van der Waals surface area contributed by atoms with E-state index in [1.165, 1.54) is 0 Å². The zero-order valence-corrected chi connectivity index (χ0v) is 11.3. The number of aliphatic carboxylic acids is 1. The minimum absolute atomic E-state index is 0.758. The third kappa shape index (κ3) is 3.93. The van der Waals surface area contributed by atoms with Gasteiger partial charge >= 0.3 is 5.97 Å². The summed E-state index contributed by atoms with van der Waals surface area (Å²) in [5, 5.41) is 10.6. The molecule has 2 aromatic rings. The first-order valence-corrected chi connectivity index (χ1v) is 6.69. The second kappa shape index (κ2) is 6.15. The first kappa shape index (κ1) is 13.3. The lowest BCUT2D eigenvalue weighted by atomic mass is 10.2. The summed E-state index contributed by atoms with van der Waals surface area (Å²) < 4.78 is 0. The molecule has 0 amide bonds. The molecule has 1 N–H and O–H groups in total. The van der Waals surface area contributed by atoms with Crippen molar-refractivity contribution in [3.8, 4) is 0 Å². The summed E-state index contributed by atoms with van der Waals surface area (Å²) in [6.07, 6.45) is 2.71. The first-order chi connectivity index (χ1) is 9.15. The highest BCUT2D eigenvalue weighted by Gasteiger charge is 2.03. The van der Waals surface area contributed by atoms with Crippen molar-refractivity contribution >= 4 is 29.1 Å². The van der Waals surface area contributed by atoms with Crippen LogP contribution >= 0.6 is 11.3 Å². The number of aromatic nitrogens is 1. The number of benzene rings is 1. The van der Waals surface area contributed by atoms with E-state index in [0.717, 1.165) is 29.6 Å². The number of hydrogen-bond acceptors (Lipinski definition) is 4. The summed E-state index contributed by atoms with van der Waals surface area (Å²) in [6.45, 7) is 0.758. The Morgan fingerprint density at radius 1 is 1.42 bits per heavy atom. The van der Waals surface area contributed by atoms with Gasteiger partial charge in [0.05, 0.1) is 17.7 Å². The standard InChI is InChI=1S/C14H14N2O2S/c1-16(8-12-9-19-10-15-12)13-5-2-11(3-6-13)4-7-14(17)18/h2-7,9-10H,8H2,1H3,(H,17,18)/b7-4+. The fourth-order valence-electron chi connectivity index (χ4n) is 1.66. The predicted octanol–water partition coefficient (Wildman–Crippen LogP) is 2.88. The third-order valence-corrected chi connectivity index (χ3v) is 3.27. The lowest BCUT2D eigenvalue weighted by Crippen LogP contribution is -2.16. The second-order valence-corrected chi connectivity index (χ2v) is 4.82. The fraction of sp³-hybridized carbons (Fsp3) is 0.143. The average Bonchev–Trinajstić information content (AvgIpc) is 2.89. The van der Waals surface area contributed by atoms with E-state index >= 15 is 0 Å². The zero-order chi connectivity index (χ0) is 13.7. The van der Waals surface area contributed by atoms with Gasteiger partial charge in [0.25, 0.3) is 0 Å². The van der Waals surface area contributed by atoms with Gasteiger partial charge in [0, 0.05) is 24.2 Å². The van der Waals surface area contributed by atoms with Gasteiger partial charge in [-0.3, -0.25) is 0 Å². The van der Waals surface area contributed by atoms with Gasteiger partial charge in [-0.2, -0.15) is 0 Å². The van der Waals surface area contributed by atoms with Crippen molar-refractivity contribution in [3.05, 3.63) is 52.5 Å². The second-order valence-electron chi connectivity index (χ2n) is 4.10. The molecule has 0 bridgehead atoms. The third-order valence-electron chi connectivity index (χ3n) is 2.63. The average molecular weight is 274 g/mol. The molecule has 0 saturated heterocycles. The van der Waals surface area contributed by atoms with Crippen LogP contribution in [0.5, 0.6) is 0 Å². The van der Waals surface area contributed by atoms with Crippen LogP contribution in [0.4, 0.5) is 5.69 Å². The van der Waals surface area contributed by atoms with Crippen molar-refractivity contribution in [3.63, 3.8) is 0 Å². The Hall–Kier alpha value is -2.14. The molecule has 5 heteroatoms. The SMILES string of the molecule is CN(Cc1cscn1)c1ccc(/C=C/C(=O)O)cc1. The van der Waals surface area contributed by atoms with Gasteiger partial charge < -0.3 is 10.0 Å². The van der Waals surface area contributed by atoms with Crippen LogP contribution in [0.3, 0.4) is 0 Å². The molecule has 0 unspecified atom stereocenters. The number of rotatable bonds is 5. The smallest absolute Gasteiger partial charge is 0.328 e. The topological polar surface area (TPSA) is 53.4 Å². The summed E-state index contributed by atoms with van der Waals surface area (Å²) in [5.74, 6) is -0.940. The van der Waals surface area contributed by atoms with Crippen LogP contribution in [0.1, 0.15) is 11.3 Å². The van der Waals surface area contributed by atoms with Crippen molar-refractivity contribution < 1.29 is 9.90 Å². The lowest BCUT2D eigenvalue weighted by molar-refractivity contribution is -0.131. The van der Waals surface area contributed by atoms with E-state index in [2.05, 4.69) is 9.88 Å². The van der Waals surface area contributed by atoms with Crippen LogP contribution in [-0.4, -0.2) is 23.1 Å². The molecule has 0 aliphatic rings. The summed E-state index contributed by atoms with van der Waals surface area (Å²) in [4.78, 5) is 16.8. The molecule has 19 heavy (non-hydrogen) atoms. The van der Waals surface area contributed by atoms with Crippen molar-refractivity contribution in [1.29, 1.82) is 0 Å². The number of hydrogen-bond donors (Lipinski definition) is 1. The van der Waals surface area contributed by atoms with Gasteiger partial charge in [0.1, 0.15) is 0 Å². The van der Waals surface area contributed by atoms with Gasteiger partial charge in [-0.15, -0.1) is 11.3 Å². The van der Waals surface area contributed by atoms with Crippen molar-refractivity contribution in [2.45, 2.75) is 6.54 Å². The number of carboxylic acids is 1. The molecule has 0 spiro atoms. The van der Waals surface area contributed by atoms with Crippen LogP contribution in [0.15, 0.2) is 41.2 Å². The minimum atomic E-state index is -0.940. The number of thiazole rings is 1. The van der Waals surface area contributed by atoms with Crippen LogP contribution in [0.25, 0.3) is 6.08 Å². The maximum Gasteiger partial charge on any atom is 0.328 e. The van der Waals surface area contributed by atoms with Crippen molar-refractivity contribution in [2.24, 2.45) is 0 Å². The van der Waals surface area contributed by atoms with Gasteiger partial charge in [-0.25, -0.2) is 9.78 Å². The number of anilines is 1. The molecule has 1 aromatic carbocycles. The highest BCUT2D eigenvalue weighted by atomic mass is 32.1. The van der Waals surface area contributed by atoms with E-state index in [1.54, 1.807) is 17.4 Å². The van der Waals surface area contributed by atoms with E-state index in [1.807, 2.05) is 42.2 Å². The Bertz CT molecular complexity index is 562. The van der Waals surface area contributed by atoms with E-state index in [0.29, 0.717) is 0 Å². The van der Waals surface area contributed by atoms with Crippen LogP contribution in [-0.2, 0) is 11.3 Å². The molecule has 0 saturated carbocycles. The van der Waals surface area contributed by atoms with E-state index in [-0.39, 0.29) is 0 Å². The van der Waals surface area contributed by atoms with Gasteiger partial charge in [-0.05, 0) is 23.8 Å². The molecule has 0 atom stereocenters. The maximum absolute atomic E-state index is 10.4. The summed E-state index contributed by atoms with van der Waals surface area (Å²) in [7, 11) is 2.00. The van der Waals surface area contributed by atoms with Crippen molar-refractivity contribution in [1.82, 2.24) is 4.98 Å². The maximum atomic E-state index is 10.4. The Morgan fingerprint density at radius 3 is 2.74 bits per heavy atom. The number of carboxylic acid groups (broad SMARTS) is 1. The monoisotopic (exact) mass is 274 g/mol. The Kier molecular flexibility index (Phi) is 4.30. The first-order valence-electron chi connectivity index (χ1n) is 5.74. The zero-order valence-electron chi connectivity index (χ0n) is 10.5. The van der Waals surface area contributed by atoms with Crippen molar-refractivity contribution in [2.75, 3.05) is 11.9 Å². The van der Waals surface area contributed by atoms with Crippen LogP contribution in [0.2, 0.25) is 0 Å². The van der Waals surface area contributed by atoms with Gasteiger partial charge in [-0.1, -0.05) is 12.1 Å². The van der Waals surface area contributed by atoms with E-state index in [9.17, 15) is 4.79 Å². The molecule has 0 aliphatic carbocycles. The van der Waals surface area contributed by atoms with Gasteiger partial charge in [0.2, 0.25) is 0 Å². The summed E-state index contributed by atoms with van der Waals surface area (Å²) >= 11 is 1.59. The fourth-order valence-corrected chi connectivity index (χ4v) is 2.21. The Balaban J connectivity index is 2.03.